The van der Waals surface area contributed by atoms with Crippen molar-refractivity contribution in [2.45, 2.75) is 19.0 Å². The molecular weight excluding hydrogens is 254 g/mol. The van der Waals surface area contributed by atoms with Crippen LogP contribution in [0, 0.1) is 0 Å². The minimum absolute atomic E-state index is 0.281. The van der Waals surface area contributed by atoms with Crippen LogP contribution in [0.25, 0.3) is 0 Å². The van der Waals surface area contributed by atoms with Gasteiger partial charge in [-0.2, -0.15) is 0 Å². The Kier molecular flexibility index (Phi) is 6.31. The summed E-state index contributed by atoms with van der Waals surface area (Å²) in [6.45, 7) is 0.911. The van der Waals surface area contributed by atoms with Crippen molar-refractivity contribution in [1.29, 1.82) is 0 Å². The molecule has 1 aromatic rings. The fraction of sp³-hybridized carbons (Fsp3) is 0.545. The van der Waals surface area contributed by atoms with Crippen LogP contribution >= 0.6 is 11.3 Å². The van der Waals surface area contributed by atoms with Crippen LogP contribution in [0.15, 0.2) is 11.7 Å². The van der Waals surface area contributed by atoms with Crippen molar-refractivity contribution in [3.8, 4) is 0 Å². The number of rotatable bonds is 7. The predicted octanol–water partition coefficient (Wildman–Crippen LogP) is 0.889. The third kappa shape index (κ3) is 4.80. The average molecular weight is 271 g/mol. The minimum atomic E-state index is -0.513. The molecule has 0 saturated carbocycles. The molecule has 100 valence electrons. The lowest BCUT2D eigenvalue weighted by Gasteiger charge is -2.19. The van der Waals surface area contributed by atoms with Crippen LogP contribution in [0.1, 0.15) is 11.3 Å². The van der Waals surface area contributed by atoms with Gasteiger partial charge in [-0.25, -0.2) is 4.79 Å². The Morgan fingerprint density at radius 3 is 3.06 bits per heavy atom. The molecule has 1 heterocycles. The molecule has 7 heteroatoms. The number of amides is 2. The van der Waals surface area contributed by atoms with Crippen molar-refractivity contribution < 1.29 is 14.3 Å². The fourth-order valence-corrected chi connectivity index (χ4v) is 1.96. The summed E-state index contributed by atoms with van der Waals surface area (Å²) < 4.78 is 4.87. The van der Waals surface area contributed by atoms with E-state index in [4.69, 9.17) is 4.74 Å². The quantitative estimate of drug-likeness (QED) is 0.748. The zero-order valence-corrected chi connectivity index (χ0v) is 11.3. The summed E-state index contributed by atoms with van der Waals surface area (Å²) in [6, 6.07) is -0.794. The SMILES string of the molecule is COCC[C@@H](C=O)NC(=O)N(C)Cc1cncs1. The second-order valence-electron chi connectivity index (χ2n) is 3.80. The van der Waals surface area contributed by atoms with E-state index in [0.29, 0.717) is 19.6 Å². The van der Waals surface area contributed by atoms with Gasteiger partial charge in [-0.3, -0.25) is 4.98 Å². The van der Waals surface area contributed by atoms with Crippen molar-refractivity contribution in [3.63, 3.8) is 0 Å². The molecule has 0 spiro atoms. The number of hydrogen-bond donors (Lipinski definition) is 1. The second-order valence-corrected chi connectivity index (χ2v) is 4.77. The molecule has 1 atom stereocenters. The van der Waals surface area contributed by atoms with E-state index in [9.17, 15) is 9.59 Å². The first-order valence-electron chi connectivity index (χ1n) is 5.50. The Morgan fingerprint density at radius 2 is 2.50 bits per heavy atom. The van der Waals surface area contributed by atoms with E-state index in [1.165, 1.54) is 16.2 Å². The normalized spacial score (nSPS) is 11.9. The van der Waals surface area contributed by atoms with Gasteiger partial charge in [0.05, 0.1) is 18.1 Å². The first kappa shape index (κ1) is 14.6. The van der Waals surface area contributed by atoms with E-state index in [-0.39, 0.29) is 6.03 Å². The third-order valence-electron chi connectivity index (χ3n) is 2.33. The van der Waals surface area contributed by atoms with Gasteiger partial charge >= 0.3 is 6.03 Å². The maximum absolute atomic E-state index is 11.8. The van der Waals surface area contributed by atoms with Crippen LogP contribution in [0.2, 0.25) is 0 Å². The lowest BCUT2D eigenvalue weighted by molar-refractivity contribution is -0.109. The maximum atomic E-state index is 11.8. The molecule has 2 amide bonds. The number of nitrogens with zero attached hydrogens (tertiary/aromatic N) is 2. The second kappa shape index (κ2) is 7.78. The van der Waals surface area contributed by atoms with Crippen LogP contribution in [0.4, 0.5) is 4.79 Å². The van der Waals surface area contributed by atoms with E-state index in [2.05, 4.69) is 10.3 Å². The molecule has 6 nitrogen and oxygen atoms in total. The predicted molar refractivity (Wildman–Crippen MR) is 68.5 cm³/mol. The molecule has 1 rings (SSSR count). The van der Waals surface area contributed by atoms with Crippen LogP contribution in [0.3, 0.4) is 0 Å². The van der Waals surface area contributed by atoms with Crippen molar-refractivity contribution in [2.24, 2.45) is 0 Å². The van der Waals surface area contributed by atoms with Gasteiger partial charge in [0.2, 0.25) is 0 Å². The zero-order chi connectivity index (χ0) is 13.4. The first-order valence-corrected chi connectivity index (χ1v) is 6.38. The van der Waals surface area contributed by atoms with Gasteiger partial charge in [0.1, 0.15) is 6.29 Å². The van der Waals surface area contributed by atoms with Crippen LogP contribution in [0.5, 0.6) is 0 Å². The summed E-state index contributed by atoms with van der Waals surface area (Å²) in [5, 5.41) is 2.64. The monoisotopic (exact) mass is 271 g/mol. The number of aldehydes is 1. The Balaban J connectivity index is 2.40. The van der Waals surface area contributed by atoms with Crippen molar-refractivity contribution in [3.05, 3.63) is 16.6 Å². The number of nitrogens with one attached hydrogen (secondary N) is 1. The number of carbonyl (C=O) groups excluding carboxylic acids is 2. The first-order chi connectivity index (χ1) is 8.67. The zero-order valence-electron chi connectivity index (χ0n) is 10.5. The standard InChI is InChI=1S/C11H17N3O3S/c1-14(6-10-5-12-8-18-10)11(16)13-9(7-15)3-4-17-2/h5,7-9H,3-4,6H2,1-2H3,(H,13,16)/t9-/m0/s1. The van der Waals surface area contributed by atoms with Crippen LogP contribution < -0.4 is 5.32 Å². The molecule has 1 aromatic heterocycles. The minimum Gasteiger partial charge on any atom is -0.385 e. The van der Waals surface area contributed by atoms with Crippen molar-refractivity contribution >= 4 is 23.7 Å². The lowest BCUT2D eigenvalue weighted by Crippen LogP contribution is -2.43. The van der Waals surface area contributed by atoms with Gasteiger partial charge in [-0.1, -0.05) is 0 Å². The van der Waals surface area contributed by atoms with E-state index >= 15 is 0 Å². The van der Waals surface area contributed by atoms with E-state index < -0.39 is 6.04 Å². The maximum Gasteiger partial charge on any atom is 0.318 e. The highest BCUT2D eigenvalue weighted by atomic mass is 32.1. The Morgan fingerprint density at radius 1 is 1.72 bits per heavy atom. The molecule has 0 aromatic carbocycles. The lowest BCUT2D eigenvalue weighted by atomic mass is 10.2. The summed E-state index contributed by atoms with van der Waals surface area (Å²) in [7, 11) is 3.23. The molecule has 1 N–H and O–H groups in total. The largest absolute Gasteiger partial charge is 0.385 e. The highest BCUT2D eigenvalue weighted by molar-refractivity contribution is 7.09. The Hall–Kier alpha value is -1.47. The smallest absolute Gasteiger partial charge is 0.318 e. The van der Waals surface area contributed by atoms with E-state index in [1.54, 1.807) is 25.9 Å². The van der Waals surface area contributed by atoms with Crippen molar-refractivity contribution in [2.75, 3.05) is 20.8 Å². The molecule has 0 radical (unpaired) electrons. The highest BCUT2D eigenvalue weighted by Gasteiger charge is 2.15. The average Bonchev–Trinajstić information content (AvgIpc) is 2.86. The number of carbonyl (C=O) groups is 2. The fourth-order valence-electron chi connectivity index (χ4n) is 1.31. The summed E-state index contributed by atoms with van der Waals surface area (Å²) in [6.07, 6.45) is 2.91. The molecular formula is C11H17N3O3S. The molecule has 18 heavy (non-hydrogen) atoms. The molecule has 0 bridgehead atoms. The van der Waals surface area contributed by atoms with E-state index in [1.807, 2.05) is 0 Å². The summed E-state index contributed by atoms with van der Waals surface area (Å²) in [5.41, 5.74) is 1.72. The third-order valence-corrected chi connectivity index (χ3v) is 3.09. The summed E-state index contributed by atoms with van der Waals surface area (Å²) >= 11 is 1.48. The summed E-state index contributed by atoms with van der Waals surface area (Å²) in [4.78, 5) is 29.0. The van der Waals surface area contributed by atoms with Gasteiger partial charge in [-0.15, -0.1) is 11.3 Å². The molecule has 0 aliphatic heterocycles. The van der Waals surface area contributed by atoms with Crippen LogP contribution in [-0.2, 0) is 16.1 Å². The van der Waals surface area contributed by atoms with Gasteiger partial charge in [0.25, 0.3) is 0 Å². The number of ether oxygens (including phenoxy) is 1. The summed E-state index contributed by atoms with van der Waals surface area (Å²) in [5.74, 6) is 0. The molecule has 0 fully saturated rings. The molecule has 0 saturated heterocycles. The molecule has 0 aliphatic rings. The number of thiazole rings is 1. The number of aromatic nitrogens is 1. The molecule has 0 aliphatic carbocycles. The van der Waals surface area contributed by atoms with Gasteiger partial charge < -0.3 is 19.7 Å². The van der Waals surface area contributed by atoms with Gasteiger partial charge in [0.15, 0.2) is 0 Å². The Bertz CT molecular complexity index is 370. The number of hydrogen-bond acceptors (Lipinski definition) is 5. The van der Waals surface area contributed by atoms with Gasteiger partial charge in [0, 0.05) is 31.8 Å². The van der Waals surface area contributed by atoms with Crippen molar-refractivity contribution in [1.82, 2.24) is 15.2 Å². The van der Waals surface area contributed by atoms with E-state index in [0.717, 1.165) is 11.2 Å². The van der Waals surface area contributed by atoms with Gasteiger partial charge in [-0.05, 0) is 6.42 Å². The topological polar surface area (TPSA) is 71.5 Å². The molecule has 0 unspecified atom stereocenters. The highest BCUT2D eigenvalue weighted by Crippen LogP contribution is 2.08. The number of urea groups is 1. The Labute approximate surface area is 110 Å². The number of methoxy groups -OCH3 is 1. The van der Waals surface area contributed by atoms with Crippen LogP contribution in [-0.4, -0.2) is 49.0 Å².